The normalized spacial score (nSPS) is 24.6. The van der Waals surface area contributed by atoms with Gasteiger partial charge in [-0.2, -0.15) is 0 Å². The highest BCUT2D eigenvalue weighted by Crippen LogP contribution is 2.30. The van der Waals surface area contributed by atoms with E-state index in [4.69, 9.17) is 18.9 Å². The number of ether oxygens (including phenoxy) is 4. The van der Waals surface area contributed by atoms with Crippen LogP contribution >= 0.6 is 0 Å². The minimum atomic E-state index is -1.79. The van der Waals surface area contributed by atoms with Crippen LogP contribution in [0.2, 0.25) is 0 Å². The number of rotatable bonds is 52. The maximum Gasteiger partial charge on any atom is 0.220 e. The molecule has 0 aromatic carbocycles. The molecule has 1 amide bonds. The number of allylic oxidation sites excluding steroid dienone is 9. The molecule has 80 heavy (non-hydrogen) atoms. The fourth-order valence-corrected chi connectivity index (χ4v) is 10.5. The van der Waals surface area contributed by atoms with Crippen molar-refractivity contribution in [2.24, 2.45) is 0 Å². The van der Waals surface area contributed by atoms with Gasteiger partial charge in [-0.15, -0.1) is 0 Å². The molecule has 2 rings (SSSR count). The quantitative estimate of drug-likeness (QED) is 0.0204. The molecule has 12 atom stereocenters. The zero-order valence-corrected chi connectivity index (χ0v) is 50.3. The summed E-state index contributed by atoms with van der Waals surface area (Å²) in [7, 11) is 0. The Balaban J connectivity index is 1.69. The van der Waals surface area contributed by atoms with Crippen molar-refractivity contribution in [3.8, 4) is 0 Å². The molecule has 0 radical (unpaired) electrons. The molecule has 0 aromatic heterocycles. The molecule has 0 spiro atoms. The standard InChI is InChI=1S/C66H119NO13/c1-3-5-7-9-11-13-15-17-19-21-22-23-24-25-26-27-28-29-30-31-32-34-36-38-40-42-44-46-48-50-58(71)67-54(55(70)49-47-45-43-41-39-37-35-33-20-18-16-14-12-10-8-6-4-2)53-77-65-63(76)61(74)64(57(52-69)79-65)80-66-62(75)60(73)59(72)56(51-68)78-66/h5,7,11,13,17,19,22-23,47,49,54-57,59-66,68-70,72-76H,3-4,6,8-10,12,14-16,18,20-21,24-46,48,50-53H2,1-2H3,(H,67,71)/b7-5-,13-11-,19-17-,23-22-,49-47+. The number of unbranched alkanes of at least 4 members (excludes halogenated alkanes) is 31. The zero-order chi connectivity index (χ0) is 58.1. The highest BCUT2D eigenvalue weighted by atomic mass is 16.7. The van der Waals surface area contributed by atoms with Gasteiger partial charge < -0.3 is 65.1 Å². The Morgan fingerprint density at radius 1 is 0.463 bits per heavy atom. The Labute approximate surface area is 486 Å². The van der Waals surface area contributed by atoms with Gasteiger partial charge in [0.2, 0.25) is 5.91 Å². The van der Waals surface area contributed by atoms with Crippen molar-refractivity contribution in [1.82, 2.24) is 5.32 Å². The number of aliphatic hydroxyl groups excluding tert-OH is 8. The average molecular weight is 1130 g/mol. The summed E-state index contributed by atoms with van der Waals surface area (Å²) in [6.45, 7) is 2.71. The summed E-state index contributed by atoms with van der Waals surface area (Å²) in [4.78, 5) is 13.3. The van der Waals surface area contributed by atoms with Gasteiger partial charge in [-0.3, -0.25) is 4.79 Å². The number of nitrogens with one attached hydrogen (secondary N) is 1. The molecular weight excluding hydrogens is 1010 g/mol. The Kier molecular flexibility index (Phi) is 47.2. The lowest BCUT2D eigenvalue weighted by Crippen LogP contribution is -2.65. The third-order valence-corrected chi connectivity index (χ3v) is 15.7. The lowest BCUT2D eigenvalue weighted by Gasteiger charge is -2.46. The second kappa shape index (κ2) is 51.1. The van der Waals surface area contributed by atoms with E-state index < -0.39 is 86.8 Å². The number of carbonyl (C=O) groups is 1. The first-order valence-electron chi connectivity index (χ1n) is 32.5. The third kappa shape index (κ3) is 35.7. The van der Waals surface area contributed by atoms with E-state index in [0.717, 1.165) is 64.2 Å². The van der Waals surface area contributed by atoms with Crippen molar-refractivity contribution in [3.63, 3.8) is 0 Å². The summed E-state index contributed by atoms with van der Waals surface area (Å²) in [5, 5.41) is 87.2. The first kappa shape index (κ1) is 73.8. The van der Waals surface area contributed by atoms with E-state index in [1.165, 1.54) is 167 Å². The van der Waals surface area contributed by atoms with E-state index >= 15 is 0 Å². The number of aliphatic hydroxyl groups is 8. The maximum absolute atomic E-state index is 13.3. The van der Waals surface area contributed by atoms with Crippen molar-refractivity contribution >= 4 is 5.91 Å². The molecular formula is C66H119NO13. The fourth-order valence-electron chi connectivity index (χ4n) is 10.5. The third-order valence-electron chi connectivity index (χ3n) is 15.7. The van der Waals surface area contributed by atoms with Crippen LogP contribution < -0.4 is 5.32 Å². The van der Waals surface area contributed by atoms with Gasteiger partial charge in [-0.1, -0.05) is 254 Å². The van der Waals surface area contributed by atoms with Crippen LogP contribution in [0, 0.1) is 0 Å². The van der Waals surface area contributed by atoms with Gasteiger partial charge in [0.1, 0.15) is 48.8 Å². The molecule has 2 heterocycles. The highest BCUT2D eigenvalue weighted by molar-refractivity contribution is 5.76. The predicted molar refractivity (Wildman–Crippen MR) is 323 cm³/mol. The predicted octanol–water partition coefficient (Wildman–Crippen LogP) is 12.1. The second-order valence-electron chi connectivity index (χ2n) is 22.9. The van der Waals surface area contributed by atoms with Gasteiger partial charge in [0.25, 0.3) is 0 Å². The fraction of sp³-hybridized carbons (Fsp3) is 0.833. The van der Waals surface area contributed by atoms with Crippen LogP contribution in [0.5, 0.6) is 0 Å². The van der Waals surface area contributed by atoms with Crippen molar-refractivity contribution < 1.29 is 64.6 Å². The van der Waals surface area contributed by atoms with Crippen LogP contribution in [0.15, 0.2) is 60.8 Å². The number of hydrogen-bond acceptors (Lipinski definition) is 13. The summed E-state index contributed by atoms with van der Waals surface area (Å²) in [6, 6.07) is -0.916. The van der Waals surface area contributed by atoms with Gasteiger partial charge in [0, 0.05) is 6.42 Å². The van der Waals surface area contributed by atoms with Crippen LogP contribution in [-0.2, 0) is 23.7 Å². The van der Waals surface area contributed by atoms with Crippen molar-refractivity contribution in [1.29, 1.82) is 0 Å². The van der Waals surface area contributed by atoms with Gasteiger partial charge >= 0.3 is 0 Å². The Hall–Kier alpha value is -2.31. The Morgan fingerprint density at radius 2 is 0.863 bits per heavy atom. The smallest absolute Gasteiger partial charge is 0.220 e. The molecule has 2 aliphatic rings. The molecule has 466 valence electrons. The van der Waals surface area contributed by atoms with Gasteiger partial charge in [0.05, 0.1) is 32.0 Å². The molecule has 0 bridgehead atoms. The summed E-state index contributed by atoms with van der Waals surface area (Å²) in [5.74, 6) is -0.238. The summed E-state index contributed by atoms with van der Waals surface area (Å²) >= 11 is 0. The summed E-state index contributed by atoms with van der Waals surface area (Å²) in [6.07, 6.45) is 49.8. The highest BCUT2D eigenvalue weighted by Gasteiger charge is 2.51. The largest absolute Gasteiger partial charge is 0.394 e. The summed E-state index contributed by atoms with van der Waals surface area (Å²) < 4.78 is 22.8. The average Bonchev–Trinajstić information content (AvgIpc) is 3.46. The monoisotopic (exact) mass is 1130 g/mol. The maximum atomic E-state index is 13.3. The molecule has 0 saturated carbocycles. The molecule has 14 heteroatoms. The zero-order valence-electron chi connectivity index (χ0n) is 50.3. The molecule has 0 aromatic rings. The van der Waals surface area contributed by atoms with Crippen LogP contribution in [0.4, 0.5) is 0 Å². The minimum absolute atomic E-state index is 0.238. The first-order valence-corrected chi connectivity index (χ1v) is 32.5. The number of carbonyl (C=O) groups excluding carboxylic acids is 1. The van der Waals surface area contributed by atoms with Crippen molar-refractivity contribution in [2.75, 3.05) is 19.8 Å². The van der Waals surface area contributed by atoms with E-state index in [9.17, 15) is 45.6 Å². The van der Waals surface area contributed by atoms with Crippen molar-refractivity contribution in [2.45, 2.75) is 331 Å². The van der Waals surface area contributed by atoms with Crippen LogP contribution in [0.1, 0.15) is 258 Å². The van der Waals surface area contributed by atoms with Crippen LogP contribution in [0.3, 0.4) is 0 Å². The number of hydrogen-bond donors (Lipinski definition) is 9. The molecule has 2 aliphatic heterocycles. The number of amides is 1. The molecule has 2 saturated heterocycles. The van der Waals surface area contributed by atoms with Gasteiger partial charge in [-0.25, -0.2) is 0 Å². The molecule has 0 aliphatic carbocycles. The van der Waals surface area contributed by atoms with Crippen LogP contribution in [0.25, 0.3) is 0 Å². The summed E-state index contributed by atoms with van der Waals surface area (Å²) in [5.41, 5.74) is 0. The van der Waals surface area contributed by atoms with Gasteiger partial charge in [0.15, 0.2) is 12.6 Å². The Bertz CT molecular complexity index is 1570. The molecule has 12 unspecified atom stereocenters. The lowest BCUT2D eigenvalue weighted by molar-refractivity contribution is -0.359. The topological polar surface area (TPSA) is 228 Å². The van der Waals surface area contributed by atoms with Crippen LogP contribution in [-0.4, -0.2) is 140 Å². The minimum Gasteiger partial charge on any atom is -0.394 e. The Morgan fingerprint density at radius 3 is 1.32 bits per heavy atom. The first-order chi connectivity index (χ1) is 39.1. The second-order valence-corrected chi connectivity index (χ2v) is 22.9. The molecule has 14 nitrogen and oxygen atoms in total. The lowest BCUT2D eigenvalue weighted by atomic mass is 9.97. The van der Waals surface area contributed by atoms with E-state index in [0.29, 0.717) is 6.42 Å². The SMILES string of the molecule is CC/C=C\C/C=C\C/C=C\C/C=C\CCCCCCCCCCCCCCCCCCC(=O)NC(COC1OC(CO)C(OC2OC(CO)C(O)C(O)C2O)C(O)C1O)C(O)/C=C/CCCCCCCCCCCCCCCCC. The van der Waals surface area contributed by atoms with E-state index in [1.54, 1.807) is 6.08 Å². The van der Waals surface area contributed by atoms with E-state index in [1.807, 2.05) is 6.08 Å². The van der Waals surface area contributed by atoms with E-state index in [2.05, 4.69) is 67.8 Å². The van der Waals surface area contributed by atoms with Crippen molar-refractivity contribution in [3.05, 3.63) is 60.8 Å². The van der Waals surface area contributed by atoms with Gasteiger partial charge in [-0.05, 0) is 57.8 Å². The molecule has 2 fully saturated rings. The molecule has 9 N–H and O–H groups in total. The van der Waals surface area contributed by atoms with E-state index in [-0.39, 0.29) is 18.9 Å².